The molecule has 0 aliphatic rings. The van der Waals surface area contributed by atoms with Crippen LogP contribution in [0.4, 0.5) is 0 Å². The highest BCUT2D eigenvalue weighted by Gasteiger charge is 2.04. The molecule has 4 nitrogen and oxygen atoms in total. The second-order valence-electron chi connectivity index (χ2n) is 1.50. The van der Waals surface area contributed by atoms with E-state index in [1.807, 2.05) is 0 Å². The van der Waals surface area contributed by atoms with Crippen LogP contribution in [0.15, 0.2) is 15.9 Å². The van der Waals surface area contributed by atoms with Crippen molar-refractivity contribution in [3.63, 3.8) is 0 Å². The molecule has 50 valence electrons. The summed E-state index contributed by atoms with van der Waals surface area (Å²) >= 11 is -2.09. The van der Waals surface area contributed by atoms with Crippen LogP contribution in [0, 0.1) is 6.92 Å². The summed E-state index contributed by atoms with van der Waals surface area (Å²) < 4.78 is 23.1. The molecule has 1 atom stereocenters. The van der Waals surface area contributed by atoms with Gasteiger partial charge in [0.25, 0.3) is 0 Å². The monoisotopic (exact) mass is 147 g/mol. The lowest BCUT2D eigenvalue weighted by Crippen LogP contribution is -1.86. The molecule has 0 saturated heterocycles. The molecule has 0 fully saturated rings. The first-order chi connectivity index (χ1) is 4.20. The molecule has 0 bridgehead atoms. The Balaban J connectivity index is 2.98. The largest absolute Gasteiger partial charge is 0.436 e. The van der Waals surface area contributed by atoms with Crippen LogP contribution >= 0.6 is 0 Å². The molecule has 1 aromatic rings. The number of oxazole rings is 1. The van der Waals surface area contributed by atoms with Crippen LogP contribution in [-0.4, -0.2) is 13.7 Å². The molecule has 0 aliphatic carbocycles. The molecule has 0 amide bonds. The van der Waals surface area contributed by atoms with Gasteiger partial charge < -0.3 is 4.42 Å². The van der Waals surface area contributed by atoms with Crippen LogP contribution in [0.3, 0.4) is 0 Å². The van der Waals surface area contributed by atoms with E-state index < -0.39 is 11.1 Å². The molecule has 0 spiro atoms. The fourth-order valence-electron chi connectivity index (χ4n) is 0.413. The molecule has 1 aromatic heterocycles. The fourth-order valence-corrected chi connectivity index (χ4v) is 0.765. The minimum Gasteiger partial charge on any atom is -0.436 e. The molecular formula is C4H5NO3S. The summed E-state index contributed by atoms with van der Waals surface area (Å²) in [6.45, 7) is 1.68. The van der Waals surface area contributed by atoms with Gasteiger partial charge in [0.05, 0.1) is 5.69 Å². The molecule has 0 aliphatic heterocycles. The minimum absolute atomic E-state index is 0.146. The maximum Gasteiger partial charge on any atom is 0.314 e. The highest BCUT2D eigenvalue weighted by Crippen LogP contribution is 2.02. The lowest BCUT2D eigenvalue weighted by atomic mass is 10.6. The Morgan fingerprint density at radius 3 is 2.78 bits per heavy atom. The second kappa shape index (κ2) is 2.28. The first-order valence-electron chi connectivity index (χ1n) is 2.23. The summed E-state index contributed by atoms with van der Waals surface area (Å²) in [6, 6.07) is 0. The number of aromatic nitrogens is 1. The van der Waals surface area contributed by atoms with Crippen LogP contribution in [0.25, 0.3) is 0 Å². The van der Waals surface area contributed by atoms with Crippen LogP contribution in [-0.2, 0) is 11.1 Å². The Morgan fingerprint density at radius 1 is 1.89 bits per heavy atom. The fraction of sp³-hybridized carbons (Fsp3) is 0.250. The summed E-state index contributed by atoms with van der Waals surface area (Å²) in [4.78, 5) is 3.59. The van der Waals surface area contributed by atoms with Crippen LogP contribution in [0.5, 0.6) is 0 Å². The van der Waals surface area contributed by atoms with Crippen LogP contribution in [0.1, 0.15) is 5.69 Å². The van der Waals surface area contributed by atoms with Gasteiger partial charge in [-0.15, -0.1) is 0 Å². The lowest BCUT2D eigenvalue weighted by Gasteiger charge is -1.78. The molecule has 0 saturated carbocycles. The van der Waals surface area contributed by atoms with E-state index in [-0.39, 0.29) is 5.22 Å². The summed E-state index contributed by atoms with van der Waals surface area (Å²) in [5, 5.41) is -0.146. The van der Waals surface area contributed by atoms with Crippen molar-refractivity contribution < 1.29 is 13.2 Å². The Morgan fingerprint density at radius 2 is 2.56 bits per heavy atom. The molecule has 9 heavy (non-hydrogen) atoms. The van der Waals surface area contributed by atoms with E-state index in [2.05, 4.69) is 9.40 Å². The number of nitrogens with zero attached hydrogens (tertiary/aromatic N) is 1. The van der Waals surface area contributed by atoms with Gasteiger partial charge in [-0.1, -0.05) is 0 Å². The second-order valence-corrected chi connectivity index (χ2v) is 2.35. The summed E-state index contributed by atoms with van der Waals surface area (Å²) in [5.74, 6) is 0. The first-order valence-corrected chi connectivity index (χ1v) is 3.34. The highest BCUT2D eigenvalue weighted by atomic mass is 32.2. The lowest BCUT2D eigenvalue weighted by molar-refractivity contribution is 0.422. The van der Waals surface area contributed by atoms with E-state index in [1.54, 1.807) is 6.92 Å². The zero-order valence-electron chi connectivity index (χ0n) is 4.70. The van der Waals surface area contributed by atoms with E-state index in [0.29, 0.717) is 5.69 Å². The number of aryl methyl sites for hydroxylation is 1. The topological polar surface area (TPSA) is 63.3 Å². The SMILES string of the molecule is Cc1coc(S(=O)O)n1. The Bertz CT molecular complexity index is 231. The van der Waals surface area contributed by atoms with E-state index in [9.17, 15) is 4.21 Å². The normalized spacial score (nSPS) is 13.6. The average Bonchev–Trinajstić information content (AvgIpc) is 2.14. The zero-order chi connectivity index (χ0) is 6.85. The van der Waals surface area contributed by atoms with E-state index in [1.165, 1.54) is 6.26 Å². The smallest absolute Gasteiger partial charge is 0.314 e. The van der Waals surface area contributed by atoms with Crippen molar-refractivity contribution in [1.82, 2.24) is 4.98 Å². The van der Waals surface area contributed by atoms with Gasteiger partial charge in [0.1, 0.15) is 6.26 Å². The third-order valence-corrected chi connectivity index (χ3v) is 1.23. The first kappa shape index (κ1) is 6.44. The third kappa shape index (κ3) is 1.36. The van der Waals surface area contributed by atoms with Crippen molar-refractivity contribution in [2.24, 2.45) is 0 Å². The van der Waals surface area contributed by atoms with Gasteiger partial charge >= 0.3 is 5.22 Å². The van der Waals surface area contributed by atoms with Crippen molar-refractivity contribution in [2.75, 3.05) is 0 Å². The van der Waals surface area contributed by atoms with Gasteiger partial charge in [-0.2, -0.15) is 0 Å². The Hall–Kier alpha value is -0.680. The molecule has 0 radical (unpaired) electrons. The molecule has 1 heterocycles. The Labute approximate surface area is 54.2 Å². The van der Waals surface area contributed by atoms with Crippen LogP contribution < -0.4 is 0 Å². The molecular weight excluding hydrogens is 142 g/mol. The van der Waals surface area contributed by atoms with E-state index in [0.717, 1.165) is 0 Å². The van der Waals surface area contributed by atoms with Crippen LogP contribution in [0.2, 0.25) is 0 Å². The molecule has 0 aromatic carbocycles. The minimum atomic E-state index is -2.09. The highest BCUT2D eigenvalue weighted by molar-refractivity contribution is 7.78. The standard InChI is InChI=1S/C4H5NO3S/c1-3-2-8-4(5-3)9(6)7/h2H,1H3,(H,6,7). The quantitative estimate of drug-likeness (QED) is 0.589. The average molecular weight is 147 g/mol. The van der Waals surface area contributed by atoms with Gasteiger partial charge in [0.2, 0.25) is 11.1 Å². The van der Waals surface area contributed by atoms with Gasteiger partial charge in [-0.25, -0.2) is 9.19 Å². The van der Waals surface area contributed by atoms with Gasteiger partial charge in [0, 0.05) is 0 Å². The zero-order valence-corrected chi connectivity index (χ0v) is 5.51. The molecule has 1 N–H and O–H groups in total. The predicted octanol–water partition coefficient (Wildman–Crippen LogP) is 0.564. The van der Waals surface area contributed by atoms with Crippen molar-refractivity contribution in [1.29, 1.82) is 0 Å². The van der Waals surface area contributed by atoms with E-state index in [4.69, 9.17) is 4.55 Å². The van der Waals surface area contributed by atoms with Crippen molar-refractivity contribution in [3.05, 3.63) is 12.0 Å². The van der Waals surface area contributed by atoms with Gasteiger partial charge in [-0.05, 0) is 6.92 Å². The summed E-state index contributed by atoms with van der Waals surface area (Å²) in [7, 11) is 0. The maximum atomic E-state index is 10.2. The predicted molar refractivity (Wildman–Crippen MR) is 30.3 cm³/mol. The summed E-state index contributed by atoms with van der Waals surface area (Å²) in [6.07, 6.45) is 1.32. The van der Waals surface area contributed by atoms with Gasteiger partial charge in [0.15, 0.2) is 0 Å². The summed E-state index contributed by atoms with van der Waals surface area (Å²) in [5.41, 5.74) is 0.604. The number of hydrogen-bond donors (Lipinski definition) is 1. The molecule has 5 heteroatoms. The van der Waals surface area contributed by atoms with Crippen molar-refractivity contribution >= 4 is 11.1 Å². The van der Waals surface area contributed by atoms with Gasteiger partial charge in [-0.3, -0.25) is 4.55 Å². The molecule has 1 unspecified atom stereocenters. The van der Waals surface area contributed by atoms with Crippen molar-refractivity contribution in [2.45, 2.75) is 12.1 Å². The maximum absolute atomic E-state index is 10.2. The van der Waals surface area contributed by atoms with E-state index >= 15 is 0 Å². The van der Waals surface area contributed by atoms with Crippen molar-refractivity contribution in [3.8, 4) is 0 Å². The number of hydrogen-bond acceptors (Lipinski definition) is 3. The third-order valence-electron chi connectivity index (χ3n) is 0.747. The molecule has 1 rings (SSSR count). The Kier molecular flexibility index (Phi) is 1.63. The number of rotatable bonds is 1.